The lowest BCUT2D eigenvalue weighted by Gasteiger charge is -2.16. The Bertz CT molecular complexity index is 1350. The molecule has 176 valence electrons. The summed E-state index contributed by atoms with van der Waals surface area (Å²) in [5, 5.41) is 21.6. The Hall–Kier alpha value is -3.37. The van der Waals surface area contributed by atoms with Gasteiger partial charge in [-0.15, -0.1) is 10.2 Å². The molecule has 0 saturated heterocycles. The second kappa shape index (κ2) is 10.7. The van der Waals surface area contributed by atoms with Crippen LogP contribution in [0.5, 0.6) is 0 Å². The molecule has 0 aliphatic carbocycles. The van der Waals surface area contributed by atoms with E-state index >= 15 is 0 Å². The quantitative estimate of drug-likeness (QED) is 0.385. The number of Topliss-reactive ketones (excluding diaryl/α,β-unsaturated/α-hetero) is 1. The summed E-state index contributed by atoms with van der Waals surface area (Å²) >= 11 is 12.3. The number of nitrogens with one attached hydrogen (secondary N) is 1. The van der Waals surface area contributed by atoms with Gasteiger partial charge in [0.1, 0.15) is 6.54 Å². The van der Waals surface area contributed by atoms with Crippen molar-refractivity contribution in [3.8, 4) is 0 Å². The van der Waals surface area contributed by atoms with Gasteiger partial charge in [0.15, 0.2) is 17.3 Å². The van der Waals surface area contributed by atoms with E-state index in [1.807, 2.05) is 0 Å². The van der Waals surface area contributed by atoms with E-state index in [0.717, 1.165) is 4.80 Å². The van der Waals surface area contributed by atoms with Gasteiger partial charge >= 0.3 is 5.97 Å². The van der Waals surface area contributed by atoms with Gasteiger partial charge in [-0.25, -0.2) is 13.3 Å². The van der Waals surface area contributed by atoms with Crippen molar-refractivity contribution in [2.45, 2.75) is 30.3 Å². The molecule has 3 rings (SSSR count). The standard InChI is InChI=1S/C20H16Cl2N6O5S/c1-23-12-5-7-13(8-6-12)34(32,33)26-17(10-20(30)31)18(29)11-28-25-19(24-27-28)9-14-15(21)3-2-4-16(14)22/h2-8,17,26H,9-11H2,(H,30,31). The molecule has 14 heteroatoms. The van der Waals surface area contributed by atoms with Gasteiger partial charge in [0, 0.05) is 16.5 Å². The highest BCUT2D eigenvalue weighted by Gasteiger charge is 2.28. The summed E-state index contributed by atoms with van der Waals surface area (Å²) in [6.07, 6.45) is -0.659. The maximum atomic E-state index is 12.7. The second-order valence-corrected chi connectivity index (χ2v) is 9.49. The Labute approximate surface area is 204 Å². The summed E-state index contributed by atoms with van der Waals surface area (Å²) in [4.78, 5) is 27.9. The Kier molecular flexibility index (Phi) is 7.95. The number of halogens is 2. The van der Waals surface area contributed by atoms with Crippen LogP contribution in [0.4, 0.5) is 5.69 Å². The molecular weight excluding hydrogens is 507 g/mol. The number of ketones is 1. The molecule has 2 aromatic carbocycles. The number of aromatic nitrogens is 4. The van der Waals surface area contributed by atoms with Crippen LogP contribution in [0.3, 0.4) is 0 Å². The van der Waals surface area contributed by atoms with Crippen LogP contribution < -0.4 is 4.72 Å². The molecule has 1 aromatic heterocycles. The van der Waals surface area contributed by atoms with Crippen molar-refractivity contribution in [2.75, 3.05) is 0 Å². The van der Waals surface area contributed by atoms with Crippen molar-refractivity contribution in [1.82, 2.24) is 24.9 Å². The molecule has 34 heavy (non-hydrogen) atoms. The SMILES string of the molecule is [C-]#[N+]c1ccc(S(=O)(=O)NC(CC(=O)O)C(=O)Cn2nnc(Cc3c(Cl)cccc3Cl)n2)cc1. The third-order valence-electron chi connectivity index (χ3n) is 4.53. The van der Waals surface area contributed by atoms with Crippen LogP contribution >= 0.6 is 23.2 Å². The first-order chi connectivity index (χ1) is 16.1. The number of carboxylic acid groups (broad SMARTS) is 1. The maximum Gasteiger partial charge on any atom is 0.305 e. The molecule has 0 aliphatic rings. The summed E-state index contributed by atoms with van der Waals surface area (Å²) in [7, 11) is -4.24. The molecule has 1 heterocycles. The Morgan fingerprint density at radius 3 is 2.38 bits per heavy atom. The molecule has 0 spiro atoms. The summed E-state index contributed by atoms with van der Waals surface area (Å²) < 4.78 is 27.4. The monoisotopic (exact) mass is 522 g/mol. The van der Waals surface area contributed by atoms with Gasteiger partial charge in [-0.1, -0.05) is 53.5 Å². The van der Waals surface area contributed by atoms with Crippen molar-refractivity contribution < 1.29 is 23.1 Å². The van der Waals surface area contributed by atoms with Gasteiger partial charge in [0.25, 0.3) is 0 Å². The summed E-state index contributed by atoms with van der Waals surface area (Å²) in [5.41, 5.74) is 0.792. The minimum absolute atomic E-state index is 0.137. The molecule has 2 N–H and O–H groups in total. The van der Waals surface area contributed by atoms with Crippen molar-refractivity contribution >= 4 is 50.7 Å². The highest BCUT2D eigenvalue weighted by atomic mass is 35.5. The lowest BCUT2D eigenvalue weighted by molar-refractivity contribution is -0.139. The number of sulfonamides is 1. The minimum Gasteiger partial charge on any atom is -0.481 e. The number of aliphatic carboxylic acids is 1. The van der Waals surface area contributed by atoms with Gasteiger partial charge in [0.2, 0.25) is 10.0 Å². The first-order valence-corrected chi connectivity index (χ1v) is 11.8. The summed E-state index contributed by atoms with van der Waals surface area (Å²) in [6, 6.07) is 8.34. The number of hydrogen-bond donors (Lipinski definition) is 2. The van der Waals surface area contributed by atoms with Crippen LogP contribution in [-0.2, 0) is 32.6 Å². The largest absolute Gasteiger partial charge is 0.481 e. The Morgan fingerprint density at radius 2 is 1.79 bits per heavy atom. The van der Waals surface area contributed by atoms with Gasteiger partial charge < -0.3 is 5.11 Å². The van der Waals surface area contributed by atoms with Crippen molar-refractivity contribution in [3.63, 3.8) is 0 Å². The third-order valence-corrected chi connectivity index (χ3v) is 6.72. The molecule has 11 nitrogen and oxygen atoms in total. The molecule has 0 bridgehead atoms. The van der Waals surface area contributed by atoms with E-state index in [-0.39, 0.29) is 22.8 Å². The minimum atomic E-state index is -4.24. The fourth-order valence-electron chi connectivity index (χ4n) is 2.87. The van der Waals surface area contributed by atoms with E-state index in [2.05, 4.69) is 25.0 Å². The van der Waals surface area contributed by atoms with Crippen LogP contribution in [0.15, 0.2) is 47.4 Å². The number of benzene rings is 2. The lowest BCUT2D eigenvalue weighted by atomic mass is 10.1. The van der Waals surface area contributed by atoms with Crippen molar-refractivity contribution in [3.05, 3.63) is 75.3 Å². The van der Waals surface area contributed by atoms with Crippen molar-refractivity contribution in [2.24, 2.45) is 0 Å². The number of nitrogens with zero attached hydrogens (tertiary/aromatic N) is 5. The smallest absolute Gasteiger partial charge is 0.305 e. The molecule has 0 saturated carbocycles. The molecule has 1 unspecified atom stereocenters. The predicted molar refractivity (Wildman–Crippen MR) is 121 cm³/mol. The summed E-state index contributed by atoms with van der Waals surface area (Å²) in [6.45, 7) is 6.40. The first kappa shape index (κ1) is 25.3. The van der Waals surface area contributed by atoms with Crippen LogP contribution in [-0.4, -0.2) is 51.5 Å². The lowest BCUT2D eigenvalue weighted by Crippen LogP contribution is -2.43. The average molecular weight is 523 g/mol. The maximum absolute atomic E-state index is 12.7. The number of hydrogen-bond acceptors (Lipinski definition) is 7. The molecule has 0 fully saturated rings. The average Bonchev–Trinajstić information content (AvgIpc) is 3.22. The van der Waals surface area contributed by atoms with E-state index in [4.69, 9.17) is 34.9 Å². The number of carbonyl (C=O) groups is 2. The van der Waals surface area contributed by atoms with Crippen LogP contribution in [0.2, 0.25) is 10.0 Å². The van der Waals surface area contributed by atoms with E-state index in [1.165, 1.54) is 24.3 Å². The fourth-order valence-corrected chi connectivity index (χ4v) is 4.62. The van der Waals surface area contributed by atoms with Crippen LogP contribution in [0.1, 0.15) is 17.8 Å². The normalized spacial score (nSPS) is 12.1. The zero-order valence-corrected chi connectivity index (χ0v) is 19.5. The van der Waals surface area contributed by atoms with Gasteiger partial charge in [-0.3, -0.25) is 9.59 Å². The Morgan fingerprint density at radius 1 is 1.15 bits per heavy atom. The van der Waals surface area contributed by atoms with Crippen LogP contribution in [0, 0.1) is 6.57 Å². The second-order valence-electron chi connectivity index (χ2n) is 6.96. The zero-order valence-electron chi connectivity index (χ0n) is 17.2. The molecule has 0 radical (unpaired) electrons. The number of rotatable bonds is 10. The van der Waals surface area contributed by atoms with Gasteiger partial charge in [-0.2, -0.15) is 9.52 Å². The topological polar surface area (TPSA) is 148 Å². The van der Waals surface area contributed by atoms with E-state index in [1.54, 1.807) is 18.2 Å². The molecule has 1 atom stereocenters. The van der Waals surface area contributed by atoms with Gasteiger partial charge in [-0.05, 0) is 22.9 Å². The molecule has 0 aliphatic heterocycles. The number of carbonyl (C=O) groups excluding carboxylic acids is 1. The van der Waals surface area contributed by atoms with E-state index < -0.39 is 40.8 Å². The fraction of sp³-hybridized carbons (Fsp3) is 0.200. The predicted octanol–water partition coefficient (Wildman–Crippen LogP) is 2.51. The molecular formula is C20H16Cl2N6O5S. The molecule has 0 amide bonds. The number of tetrazole rings is 1. The third kappa shape index (κ3) is 6.36. The van der Waals surface area contributed by atoms with E-state index in [0.29, 0.717) is 15.6 Å². The summed E-state index contributed by atoms with van der Waals surface area (Å²) in [5.74, 6) is -1.97. The molecule has 3 aromatic rings. The highest BCUT2D eigenvalue weighted by Crippen LogP contribution is 2.25. The van der Waals surface area contributed by atoms with Crippen LogP contribution in [0.25, 0.3) is 4.85 Å². The zero-order chi connectivity index (χ0) is 24.9. The van der Waals surface area contributed by atoms with Gasteiger partial charge in [0.05, 0.1) is 23.9 Å². The highest BCUT2D eigenvalue weighted by molar-refractivity contribution is 7.89. The first-order valence-electron chi connectivity index (χ1n) is 9.53. The van der Waals surface area contributed by atoms with E-state index in [9.17, 15) is 18.0 Å². The Balaban J connectivity index is 1.74. The number of carboxylic acids is 1. The van der Waals surface area contributed by atoms with Crippen molar-refractivity contribution in [1.29, 1.82) is 0 Å².